The van der Waals surface area contributed by atoms with Gasteiger partial charge in [0.1, 0.15) is 5.82 Å². The Bertz CT molecular complexity index is 574. The Labute approximate surface area is 113 Å². The smallest absolute Gasteiger partial charge is 0.243 e. The quantitative estimate of drug-likeness (QED) is 0.899. The number of rotatable bonds is 2. The van der Waals surface area contributed by atoms with E-state index >= 15 is 0 Å². The lowest BCUT2D eigenvalue weighted by Crippen LogP contribution is -2.48. The van der Waals surface area contributed by atoms with Gasteiger partial charge in [0, 0.05) is 18.6 Å². The summed E-state index contributed by atoms with van der Waals surface area (Å²) >= 11 is 0. The number of piperidine rings is 1. The predicted molar refractivity (Wildman–Crippen MR) is 71.7 cm³/mol. The Kier molecular flexibility index (Phi) is 3.94. The van der Waals surface area contributed by atoms with Crippen LogP contribution in [0.2, 0.25) is 0 Å². The molecule has 106 valence electrons. The Hall–Kier alpha value is -0.980. The molecular formula is C13H19FN2O2S. The Morgan fingerprint density at radius 2 is 2.11 bits per heavy atom. The molecule has 2 N–H and O–H groups in total. The third-order valence-corrected chi connectivity index (χ3v) is 5.75. The van der Waals surface area contributed by atoms with Crippen LogP contribution < -0.4 is 5.73 Å². The Morgan fingerprint density at radius 1 is 1.42 bits per heavy atom. The molecule has 0 amide bonds. The van der Waals surface area contributed by atoms with Gasteiger partial charge < -0.3 is 5.73 Å². The van der Waals surface area contributed by atoms with E-state index in [0.29, 0.717) is 24.9 Å². The zero-order valence-electron chi connectivity index (χ0n) is 11.1. The van der Waals surface area contributed by atoms with Crippen molar-refractivity contribution in [3.63, 3.8) is 0 Å². The van der Waals surface area contributed by atoms with Crippen molar-refractivity contribution in [2.75, 3.05) is 6.54 Å². The minimum Gasteiger partial charge on any atom is -0.328 e. The van der Waals surface area contributed by atoms with Gasteiger partial charge in [-0.3, -0.25) is 0 Å². The van der Waals surface area contributed by atoms with Crippen molar-refractivity contribution in [1.29, 1.82) is 0 Å². The molecule has 1 saturated heterocycles. The van der Waals surface area contributed by atoms with Crippen LogP contribution in [0, 0.1) is 12.7 Å². The van der Waals surface area contributed by atoms with Gasteiger partial charge in [0.2, 0.25) is 10.0 Å². The molecule has 0 aromatic heterocycles. The maximum atomic E-state index is 13.1. The number of hydrogen-bond donors (Lipinski definition) is 1. The third-order valence-electron chi connectivity index (χ3n) is 3.58. The van der Waals surface area contributed by atoms with E-state index in [1.54, 1.807) is 6.92 Å². The van der Waals surface area contributed by atoms with Crippen molar-refractivity contribution in [3.8, 4) is 0 Å². The van der Waals surface area contributed by atoms with E-state index in [-0.39, 0.29) is 17.0 Å². The molecule has 0 bridgehead atoms. The van der Waals surface area contributed by atoms with Crippen LogP contribution >= 0.6 is 0 Å². The zero-order chi connectivity index (χ0) is 14.2. The first-order chi connectivity index (χ1) is 8.82. The minimum atomic E-state index is -3.57. The van der Waals surface area contributed by atoms with Crippen LogP contribution in [-0.4, -0.2) is 31.4 Å². The molecule has 2 rings (SSSR count). The van der Waals surface area contributed by atoms with E-state index in [1.165, 1.54) is 22.5 Å². The van der Waals surface area contributed by atoms with Gasteiger partial charge >= 0.3 is 0 Å². The highest BCUT2D eigenvalue weighted by molar-refractivity contribution is 7.89. The molecule has 4 nitrogen and oxygen atoms in total. The molecule has 0 aliphatic carbocycles. The Morgan fingerprint density at radius 3 is 2.68 bits per heavy atom. The van der Waals surface area contributed by atoms with Crippen LogP contribution in [0.1, 0.15) is 25.3 Å². The standard InChI is InChI=1S/C13H19FN2O2S/c1-9-7-11(14)3-4-13(9)19(17,18)16-6-5-12(15)8-10(16)2/h3-4,7,10,12H,5-6,8,15H2,1-2H3/t10-,12-/m0/s1. The van der Waals surface area contributed by atoms with Gasteiger partial charge in [0.15, 0.2) is 0 Å². The molecule has 1 fully saturated rings. The summed E-state index contributed by atoms with van der Waals surface area (Å²) in [6.07, 6.45) is 1.31. The van der Waals surface area contributed by atoms with E-state index in [1.807, 2.05) is 6.92 Å². The van der Waals surface area contributed by atoms with Crippen molar-refractivity contribution in [2.45, 2.75) is 43.7 Å². The van der Waals surface area contributed by atoms with Crippen LogP contribution in [-0.2, 0) is 10.0 Å². The second-order valence-corrected chi connectivity index (χ2v) is 7.02. The zero-order valence-corrected chi connectivity index (χ0v) is 12.0. The average Bonchev–Trinajstić information content (AvgIpc) is 2.27. The summed E-state index contributed by atoms with van der Waals surface area (Å²) in [4.78, 5) is 0.177. The molecular weight excluding hydrogens is 267 g/mol. The summed E-state index contributed by atoms with van der Waals surface area (Å²) in [7, 11) is -3.57. The fraction of sp³-hybridized carbons (Fsp3) is 0.538. The molecule has 0 radical (unpaired) electrons. The molecule has 1 heterocycles. The van der Waals surface area contributed by atoms with Crippen molar-refractivity contribution in [1.82, 2.24) is 4.31 Å². The molecule has 0 unspecified atom stereocenters. The normalized spacial score (nSPS) is 25.5. The first kappa shape index (κ1) is 14.4. The molecule has 1 aliphatic heterocycles. The lowest BCUT2D eigenvalue weighted by atomic mass is 10.0. The highest BCUT2D eigenvalue weighted by Gasteiger charge is 2.34. The van der Waals surface area contributed by atoms with Gasteiger partial charge in [-0.05, 0) is 50.5 Å². The van der Waals surface area contributed by atoms with Gasteiger partial charge in [-0.25, -0.2) is 12.8 Å². The van der Waals surface area contributed by atoms with Crippen molar-refractivity contribution in [3.05, 3.63) is 29.6 Å². The second kappa shape index (κ2) is 5.19. The van der Waals surface area contributed by atoms with Crippen LogP contribution in [0.4, 0.5) is 4.39 Å². The fourth-order valence-electron chi connectivity index (χ4n) is 2.57. The summed E-state index contributed by atoms with van der Waals surface area (Å²) in [6.45, 7) is 3.88. The largest absolute Gasteiger partial charge is 0.328 e. The summed E-state index contributed by atoms with van der Waals surface area (Å²) in [5, 5.41) is 0. The highest BCUT2D eigenvalue weighted by atomic mass is 32.2. The van der Waals surface area contributed by atoms with Gasteiger partial charge in [0.05, 0.1) is 4.90 Å². The number of halogens is 1. The van der Waals surface area contributed by atoms with Crippen LogP contribution in [0.3, 0.4) is 0 Å². The molecule has 1 aromatic carbocycles. The molecule has 2 atom stereocenters. The number of sulfonamides is 1. The fourth-order valence-corrected chi connectivity index (χ4v) is 4.44. The lowest BCUT2D eigenvalue weighted by molar-refractivity contribution is 0.247. The van der Waals surface area contributed by atoms with Gasteiger partial charge in [-0.1, -0.05) is 0 Å². The predicted octanol–water partition coefficient (Wildman–Crippen LogP) is 1.63. The van der Waals surface area contributed by atoms with E-state index in [9.17, 15) is 12.8 Å². The lowest BCUT2D eigenvalue weighted by Gasteiger charge is -2.35. The Balaban J connectivity index is 2.37. The van der Waals surface area contributed by atoms with Crippen LogP contribution in [0.25, 0.3) is 0 Å². The molecule has 0 spiro atoms. The highest BCUT2D eigenvalue weighted by Crippen LogP contribution is 2.26. The maximum absolute atomic E-state index is 13.1. The first-order valence-corrected chi connectivity index (χ1v) is 7.80. The summed E-state index contributed by atoms with van der Waals surface area (Å²) in [5.41, 5.74) is 6.28. The molecule has 0 saturated carbocycles. The minimum absolute atomic E-state index is 0.0516. The third kappa shape index (κ3) is 2.80. The molecule has 1 aromatic rings. The molecule has 19 heavy (non-hydrogen) atoms. The van der Waals surface area contributed by atoms with Gasteiger partial charge in [-0.2, -0.15) is 4.31 Å². The van der Waals surface area contributed by atoms with Gasteiger partial charge in [0.25, 0.3) is 0 Å². The number of nitrogens with two attached hydrogens (primary N) is 1. The topological polar surface area (TPSA) is 63.4 Å². The van der Waals surface area contributed by atoms with E-state index < -0.39 is 15.8 Å². The number of hydrogen-bond acceptors (Lipinski definition) is 3. The number of nitrogens with zero attached hydrogens (tertiary/aromatic N) is 1. The van der Waals surface area contributed by atoms with E-state index in [0.717, 1.165) is 0 Å². The molecule has 1 aliphatic rings. The summed E-state index contributed by atoms with van der Waals surface area (Å²) in [6, 6.07) is 3.68. The van der Waals surface area contributed by atoms with E-state index in [4.69, 9.17) is 5.73 Å². The van der Waals surface area contributed by atoms with Crippen molar-refractivity contribution >= 4 is 10.0 Å². The second-order valence-electron chi connectivity index (χ2n) is 5.16. The van der Waals surface area contributed by atoms with Gasteiger partial charge in [-0.15, -0.1) is 0 Å². The summed E-state index contributed by atoms with van der Waals surface area (Å²) in [5.74, 6) is -0.426. The van der Waals surface area contributed by atoms with E-state index in [2.05, 4.69) is 0 Å². The van der Waals surface area contributed by atoms with Crippen molar-refractivity contribution in [2.24, 2.45) is 5.73 Å². The number of benzene rings is 1. The molecule has 6 heteroatoms. The SMILES string of the molecule is Cc1cc(F)ccc1S(=O)(=O)N1CC[C@H](N)C[C@@H]1C. The monoisotopic (exact) mass is 286 g/mol. The number of aryl methyl sites for hydroxylation is 1. The summed E-state index contributed by atoms with van der Waals surface area (Å²) < 4.78 is 39.7. The maximum Gasteiger partial charge on any atom is 0.243 e. The first-order valence-electron chi connectivity index (χ1n) is 6.36. The van der Waals surface area contributed by atoms with Crippen LogP contribution in [0.15, 0.2) is 23.1 Å². The average molecular weight is 286 g/mol. The van der Waals surface area contributed by atoms with Crippen LogP contribution in [0.5, 0.6) is 0 Å². The van der Waals surface area contributed by atoms with Crippen molar-refractivity contribution < 1.29 is 12.8 Å².